The summed E-state index contributed by atoms with van der Waals surface area (Å²) in [5.41, 5.74) is 1.37. The Kier molecular flexibility index (Phi) is 2.45. The molecule has 0 saturated heterocycles. The molecule has 0 bridgehead atoms. The van der Waals surface area contributed by atoms with E-state index in [1.165, 1.54) is 10.9 Å². The van der Waals surface area contributed by atoms with Crippen molar-refractivity contribution in [3.63, 3.8) is 0 Å². The number of benzene rings is 1. The number of rotatable bonds is 1. The van der Waals surface area contributed by atoms with Crippen molar-refractivity contribution in [2.75, 3.05) is 13.3 Å². The van der Waals surface area contributed by atoms with Gasteiger partial charge in [0.25, 0.3) is 0 Å². The minimum Gasteiger partial charge on any atom is -0.0817 e. The molecule has 1 aromatic carbocycles. The van der Waals surface area contributed by atoms with Gasteiger partial charge in [-0.05, 0) is 25.6 Å². The van der Waals surface area contributed by atoms with Crippen LogP contribution in [0.1, 0.15) is 5.56 Å². The monoisotopic (exact) mass is 152 g/mol. The van der Waals surface area contributed by atoms with E-state index >= 15 is 0 Å². The van der Waals surface area contributed by atoms with Crippen molar-refractivity contribution in [1.82, 2.24) is 0 Å². The van der Waals surface area contributed by atoms with E-state index in [-0.39, 0.29) is 7.92 Å². The average Bonchev–Trinajstić information content (AvgIpc) is 1.88. The molecule has 0 fully saturated rings. The van der Waals surface area contributed by atoms with Gasteiger partial charge in [0.15, 0.2) is 0 Å². The molecule has 0 saturated carbocycles. The molecule has 10 heavy (non-hydrogen) atoms. The van der Waals surface area contributed by atoms with Gasteiger partial charge in [-0.3, -0.25) is 0 Å². The normalized spacial score (nSPS) is 10.4. The third-order valence-corrected chi connectivity index (χ3v) is 2.83. The Morgan fingerprint density at radius 2 is 1.90 bits per heavy atom. The Labute approximate surface area is 64.0 Å². The van der Waals surface area contributed by atoms with Crippen LogP contribution < -0.4 is 5.30 Å². The molecule has 0 radical (unpaired) electrons. The Bertz CT molecular complexity index is 216. The molecule has 0 heterocycles. The molecule has 0 aliphatic carbocycles. The van der Waals surface area contributed by atoms with Crippen molar-refractivity contribution < 1.29 is 0 Å². The topological polar surface area (TPSA) is 0 Å². The maximum Gasteiger partial charge on any atom is -0.0243 e. The lowest BCUT2D eigenvalue weighted by molar-refractivity contribution is 1.49. The predicted octanol–water partition coefficient (Wildman–Crippen LogP) is 2.36. The fraction of sp³-hybridized carbons (Fsp3) is 0.333. The highest BCUT2D eigenvalue weighted by atomic mass is 31.1. The molecule has 54 valence electrons. The van der Waals surface area contributed by atoms with Gasteiger partial charge in [-0.15, -0.1) is 0 Å². The Morgan fingerprint density at radius 3 is 2.30 bits per heavy atom. The van der Waals surface area contributed by atoms with Gasteiger partial charge in [0.1, 0.15) is 0 Å². The molecule has 0 spiro atoms. The van der Waals surface area contributed by atoms with Gasteiger partial charge >= 0.3 is 0 Å². The first-order valence-corrected chi connectivity index (χ1v) is 5.68. The van der Waals surface area contributed by atoms with Crippen LogP contribution in [0.25, 0.3) is 0 Å². The van der Waals surface area contributed by atoms with E-state index in [1.807, 2.05) is 0 Å². The molecular formula is C9H13P. The highest BCUT2D eigenvalue weighted by Gasteiger charge is 1.95. The summed E-state index contributed by atoms with van der Waals surface area (Å²) in [6.45, 7) is 6.70. The first-order chi connectivity index (χ1) is 4.70. The molecule has 0 nitrogen and oxygen atoms in total. The van der Waals surface area contributed by atoms with E-state index in [4.69, 9.17) is 0 Å². The zero-order valence-electron chi connectivity index (χ0n) is 6.76. The Morgan fingerprint density at radius 1 is 1.20 bits per heavy atom. The van der Waals surface area contributed by atoms with Crippen molar-refractivity contribution >= 4 is 13.2 Å². The summed E-state index contributed by atoms with van der Waals surface area (Å²) >= 11 is 0. The lowest BCUT2D eigenvalue weighted by Gasteiger charge is -2.05. The maximum atomic E-state index is 2.28. The molecule has 0 N–H and O–H groups in total. The molecular weight excluding hydrogens is 139 g/mol. The van der Waals surface area contributed by atoms with E-state index in [0.29, 0.717) is 0 Å². The van der Waals surface area contributed by atoms with Crippen LogP contribution in [0, 0.1) is 6.92 Å². The van der Waals surface area contributed by atoms with Crippen molar-refractivity contribution in [2.45, 2.75) is 6.92 Å². The maximum absolute atomic E-state index is 2.28. The van der Waals surface area contributed by atoms with E-state index in [9.17, 15) is 0 Å². The summed E-state index contributed by atoms with van der Waals surface area (Å²) in [6, 6.07) is 8.75. The molecule has 1 rings (SSSR count). The lowest BCUT2D eigenvalue weighted by atomic mass is 10.2. The third kappa shape index (κ3) is 1.82. The fourth-order valence-corrected chi connectivity index (χ4v) is 1.75. The van der Waals surface area contributed by atoms with Gasteiger partial charge in [-0.2, -0.15) is 0 Å². The van der Waals surface area contributed by atoms with Crippen molar-refractivity contribution in [3.05, 3.63) is 29.8 Å². The van der Waals surface area contributed by atoms with Gasteiger partial charge in [-0.25, -0.2) is 0 Å². The third-order valence-electron chi connectivity index (χ3n) is 1.52. The highest BCUT2D eigenvalue weighted by molar-refractivity contribution is 7.64. The molecule has 0 aliphatic heterocycles. The first kappa shape index (κ1) is 7.75. The van der Waals surface area contributed by atoms with E-state index in [2.05, 4.69) is 44.5 Å². The zero-order valence-corrected chi connectivity index (χ0v) is 7.65. The summed E-state index contributed by atoms with van der Waals surface area (Å²) < 4.78 is 0. The molecule has 0 unspecified atom stereocenters. The molecule has 0 aromatic heterocycles. The second kappa shape index (κ2) is 3.16. The predicted molar refractivity (Wildman–Crippen MR) is 49.6 cm³/mol. The number of hydrogen-bond donors (Lipinski definition) is 0. The summed E-state index contributed by atoms with van der Waals surface area (Å²) in [4.78, 5) is 0. The molecule has 1 heteroatoms. The van der Waals surface area contributed by atoms with Crippen LogP contribution in [-0.4, -0.2) is 13.3 Å². The Balaban J connectivity index is 2.96. The summed E-state index contributed by atoms with van der Waals surface area (Å²) in [5.74, 6) is 0. The average molecular weight is 152 g/mol. The van der Waals surface area contributed by atoms with E-state index in [0.717, 1.165) is 0 Å². The van der Waals surface area contributed by atoms with Crippen LogP contribution in [0.15, 0.2) is 24.3 Å². The summed E-state index contributed by atoms with van der Waals surface area (Å²) in [6.07, 6.45) is 0. The Hall–Kier alpha value is -0.350. The van der Waals surface area contributed by atoms with Gasteiger partial charge in [0, 0.05) is 0 Å². The minimum absolute atomic E-state index is 0.0882. The summed E-state index contributed by atoms with van der Waals surface area (Å²) in [5, 5.41) is 1.50. The van der Waals surface area contributed by atoms with Gasteiger partial charge in [-0.1, -0.05) is 37.8 Å². The van der Waals surface area contributed by atoms with Crippen LogP contribution in [-0.2, 0) is 0 Å². The van der Waals surface area contributed by atoms with Crippen LogP contribution in [0.2, 0.25) is 0 Å². The summed E-state index contributed by atoms with van der Waals surface area (Å²) in [7, 11) is 0.0882. The smallest absolute Gasteiger partial charge is 0.0243 e. The number of hydrogen-bond acceptors (Lipinski definition) is 0. The lowest BCUT2D eigenvalue weighted by Crippen LogP contribution is -1.97. The number of aryl methyl sites for hydroxylation is 1. The van der Waals surface area contributed by atoms with Crippen LogP contribution >= 0.6 is 7.92 Å². The second-order valence-electron chi connectivity index (χ2n) is 2.73. The molecule has 0 aliphatic rings. The molecule has 0 atom stereocenters. The standard InChI is InChI=1S/C9H13P/c1-8-5-4-6-9(7-8)10(2)3/h4-7H,1-3H3. The van der Waals surface area contributed by atoms with Gasteiger partial charge in [0.2, 0.25) is 0 Å². The fourth-order valence-electron chi connectivity index (χ4n) is 0.906. The minimum atomic E-state index is 0.0882. The van der Waals surface area contributed by atoms with Crippen molar-refractivity contribution in [1.29, 1.82) is 0 Å². The SMILES string of the molecule is Cc1cccc(P(C)C)c1. The van der Waals surface area contributed by atoms with Crippen LogP contribution in [0.4, 0.5) is 0 Å². The van der Waals surface area contributed by atoms with Crippen molar-refractivity contribution in [3.8, 4) is 0 Å². The van der Waals surface area contributed by atoms with Crippen LogP contribution in [0.5, 0.6) is 0 Å². The first-order valence-electron chi connectivity index (χ1n) is 3.44. The zero-order chi connectivity index (χ0) is 7.56. The molecule has 1 aromatic rings. The van der Waals surface area contributed by atoms with E-state index < -0.39 is 0 Å². The second-order valence-corrected chi connectivity index (χ2v) is 5.04. The van der Waals surface area contributed by atoms with Crippen molar-refractivity contribution in [2.24, 2.45) is 0 Å². The van der Waals surface area contributed by atoms with E-state index in [1.54, 1.807) is 0 Å². The van der Waals surface area contributed by atoms with Gasteiger partial charge < -0.3 is 0 Å². The quantitative estimate of drug-likeness (QED) is 0.542. The highest BCUT2D eigenvalue weighted by Crippen LogP contribution is 2.22. The largest absolute Gasteiger partial charge is 0.0817 e. The van der Waals surface area contributed by atoms with Crippen LogP contribution in [0.3, 0.4) is 0 Å². The van der Waals surface area contributed by atoms with Gasteiger partial charge in [0.05, 0.1) is 0 Å². The molecule has 0 amide bonds.